The first kappa shape index (κ1) is 13.8. The van der Waals surface area contributed by atoms with Crippen LogP contribution in [0.2, 0.25) is 0 Å². The maximum absolute atomic E-state index is 9.05. The van der Waals surface area contributed by atoms with E-state index in [9.17, 15) is 0 Å². The van der Waals surface area contributed by atoms with Crippen molar-refractivity contribution < 1.29 is 0 Å². The summed E-state index contributed by atoms with van der Waals surface area (Å²) in [6, 6.07) is 15.8. The van der Waals surface area contributed by atoms with E-state index in [4.69, 9.17) is 5.26 Å². The van der Waals surface area contributed by atoms with Crippen LogP contribution in [-0.2, 0) is 6.54 Å². The molecule has 0 fully saturated rings. The second-order valence-corrected chi connectivity index (χ2v) is 4.91. The Kier molecular flexibility index (Phi) is 3.84. The van der Waals surface area contributed by atoms with Crippen molar-refractivity contribution in [2.45, 2.75) is 13.5 Å². The van der Waals surface area contributed by atoms with Gasteiger partial charge in [-0.25, -0.2) is 9.67 Å². The summed E-state index contributed by atoms with van der Waals surface area (Å²) in [5.41, 5.74) is 3.45. The first-order valence-electron chi connectivity index (χ1n) is 6.97. The quantitative estimate of drug-likeness (QED) is 0.801. The molecule has 5 heteroatoms. The van der Waals surface area contributed by atoms with Crippen molar-refractivity contribution in [1.82, 2.24) is 14.8 Å². The zero-order valence-electron chi connectivity index (χ0n) is 12.2. The van der Waals surface area contributed by atoms with Crippen molar-refractivity contribution in [2.24, 2.45) is 0 Å². The lowest BCUT2D eigenvalue weighted by Crippen LogP contribution is -2.07. The van der Waals surface area contributed by atoms with Crippen molar-refractivity contribution >= 4 is 5.82 Å². The van der Waals surface area contributed by atoms with Crippen molar-refractivity contribution in [2.75, 3.05) is 5.32 Å². The number of aryl methyl sites for hydroxylation is 1. The number of hydrogen-bond donors (Lipinski definition) is 1. The van der Waals surface area contributed by atoms with E-state index in [0.717, 1.165) is 16.8 Å². The molecular weight excluding hydrogens is 274 g/mol. The number of pyridine rings is 1. The van der Waals surface area contributed by atoms with E-state index in [1.165, 1.54) is 0 Å². The van der Waals surface area contributed by atoms with Crippen LogP contribution in [0.25, 0.3) is 5.69 Å². The van der Waals surface area contributed by atoms with Crippen LogP contribution in [0.4, 0.5) is 5.82 Å². The van der Waals surface area contributed by atoms with Gasteiger partial charge in [0.1, 0.15) is 17.6 Å². The normalized spacial score (nSPS) is 10.2. The molecule has 0 saturated heterocycles. The lowest BCUT2D eigenvalue weighted by molar-refractivity contribution is 0.863. The minimum absolute atomic E-state index is 0.449. The molecule has 3 aromatic rings. The number of nitriles is 1. The Morgan fingerprint density at radius 2 is 2.05 bits per heavy atom. The second-order valence-electron chi connectivity index (χ2n) is 4.91. The number of rotatable bonds is 4. The Hall–Kier alpha value is -3.13. The number of anilines is 1. The van der Waals surface area contributed by atoms with Gasteiger partial charge in [0.05, 0.1) is 5.69 Å². The van der Waals surface area contributed by atoms with Crippen LogP contribution >= 0.6 is 0 Å². The SMILES string of the molecule is Cc1ccc(NCc2ccccc2-n2cccn2)nc1C#N. The van der Waals surface area contributed by atoms with Crippen LogP contribution < -0.4 is 5.32 Å². The molecule has 0 atom stereocenters. The molecule has 0 radical (unpaired) electrons. The summed E-state index contributed by atoms with van der Waals surface area (Å²) in [6.07, 6.45) is 3.67. The van der Waals surface area contributed by atoms with Crippen molar-refractivity contribution in [3.8, 4) is 11.8 Å². The van der Waals surface area contributed by atoms with Crippen molar-refractivity contribution in [3.05, 3.63) is 71.7 Å². The van der Waals surface area contributed by atoms with Crippen LogP contribution in [0.3, 0.4) is 0 Å². The van der Waals surface area contributed by atoms with Crippen LogP contribution in [0, 0.1) is 18.3 Å². The number of para-hydroxylation sites is 1. The molecular formula is C17H15N5. The van der Waals surface area contributed by atoms with Gasteiger partial charge in [-0.15, -0.1) is 0 Å². The molecule has 2 heterocycles. The Morgan fingerprint density at radius 1 is 1.18 bits per heavy atom. The van der Waals surface area contributed by atoms with E-state index in [1.807, 2.05) is 60.3 Å². The predicted octanol–water partition coefficient (Wildman–Crippen LogP) is 3.06. The molecule has 3 rings (SSSR count). The van der Waals surface area contributed by atoms with Gasteiger partial charge in [0.15, 0.2) is 0 Å². The molecule has 0 spiro atoms. The van der Waals surface area contributed by atoms with Gasteiger partial charge in [0.25, 0.3) is 0 Å². The van der Waals surface area contributed by atoms with E-state index < -0.39 is 0 Å². The van der Waals surface area contributed by atoms with Gasteiger partial charge >= 0.3 is 0 Å². The van der Waals surface area contributed by atoms with Gasteiger partial charge in [-0.3, -0.25) is 0 Å². The van der Waals surface area contributed by atoms with E-state index in [2.05, 4.69) is 21.5 Å². The fourth-order valence-corrected chi connectivity index (χ4v) is 2.22. The summed E-state index contributed by atoms with van der Waals surface area (Å²) in [4.78, 5) is 4.30. The third kappa shape index (κ3) is 2.81. The van der Waals surface area contributed by atoms with Gasteiger partial charge < -0.3 is 5.32 Å². The maximum atomic E-state index is 9.05. The zero-order valence-corrected chi connectivity index (χ0v) is 12.2. The van der Waals surface area contributed by atoms with Gasteiger partial charge in [0.2, 0.25) is 0 Å². The third-order valence-corrected chi connectivity index (χ3v) is 3.41. The maximum Gasteiger partial charge on any atom is 0.145 e. The number of aromatic nitrogens is 3. The lowest BCUT2D eigenvalue weighted by Gasteiger charge is -2.11. The first-order valence-corrected chi connectivity index (χ1v) is 6.97. The van der Waals surface area contributed by atoms with Crippen LogP contribution in [0.5, 0.6) is 0 Å². The Labute approximate surface area is 128 Å². The van der Waals surface area contributed by atoms with E-state index in [1.54, 1.807) is 6.20 Å². The highest BCUT2D eigenvalue weighted by molar-refractivity contribution is 5.46. The number of nitrogens with zero attached hydrogens (tertiary/aromatic N) is 4. The minimum Gasteiger partial charge on any atom is -0.366 e. The van der Waals surface area contributed by atoms with Gasteiger partial charge in [-0.05, 0) is 36.2 Å². The molecule has 0 saturated carbocycles. The molecule has 0 bridgehead atoms. The molecule has 0 aliphatic heterocycles. The summed E-state index contributed by atoms with van der Waals surface area (Å²) < 4.78 is 1.83. The van der Waals surface area contributed by atoms with E-state index >= 15 is 0 Å². The highest BCUT2D eigenvalue weighted by atomic mass is 15.3. The molecule has 0 unspecified atom stereocenters. The molecule has 1 N–H and O–H groups in total. The first-order chi connectivity index (χ1) is 10.8. The monoisotopic (exact) mass is 289 g/mol. The number of hydrogen-bond acceptors (Lipinski definition) is 4. The highest BCUT2D eigenvalue weighted by Crippen LogP contribution is 2.16. The Balaban J connectivity index is 1.82. The largest absolute Gasteiger partial charge is 0.366 e. The van der Waals surface area contributed by atoms with E-state index in [-0.39, 0.29) is 0 Å². The van der Waals surface area contributed by atoms with Crippen LogP contribution in [0.1, 0.15) is 16.8 Å². The number of benzene rings is 1. The molecule has 2 aromatic heterocycles. The van der Waals surface area contributed by atoms with Crippen molar-refractivity contribution in [3.63, 3.8) is 0 Å². The molecule has 1 aromatic carbocycles. The van der Waals surface area contributed by atoms with Crippen LogP contribution in [0.15, 0.2) is 54.9 Å². The van der Waals surface area contributed by atoms with E-state index in [0.29, 0.717) is 18.1 Å². The second kappa shape index (κ2) is 6.10. The zero-order chi connectivity index (χ0) is 15.4. The Bertz CT molecular complexity index is 815. The smallest absolute Gasteiger partial charge is 0.145 e. The topological polar surface area (TPSA) is 66.5 Å². The molecule has 0 amide bonds. The summed E-state index contributed by atoms with van der Waals surface area (Å²) in [6.45, 7) is 2.49. The average Bonchev–Trinajstić information content (AvgIpc) is 3.08. The standard InChI is InChI=1S/C17H15N5/c1-13-7-8-17(21-15(13)11-18)19-12-14-5-2-3-6-16(14)22-10-4-9-20-22/h2-10H,12H2,1H3,(H,19,21). The number of nitrogens with one attached hydrogen (secondary N) is 1. The average molecular weight is 289 g/mol. The van der Waals surface area contributed by atoms with Crippen LogP contribution in [-0.4, -0.2) is 14.8 Å². The van der Waals surface area contributed by atoms with Gasteiger partial charge in [-0.1, -0.05) is 24.3 Å². The summed E-state index contributed by atoms with van der Waals surface area (Å²) in [7, 11) is 0. The summed E-state index contributed by atoms with van der Waals surface area (Å²) in [5, 5.41) is 16.6. The van der Waals surface area contributed by atoms with Crippen molar-refractivity contribution in [1.29, 1.82) is 5.26 Å². The fraction of sp³-hybridized carbons (Fsp3) is 0.118. The third-order valence-electron chi connectivity index (χ3n) is 3.41. The fourth-order valence-electron chi connectivity index (χ4n) is 2.22. The molecule has 22 heavy (non-hydrogen) atoms. The molecule has 5 nitrogen and oxygen atoms in total. The molecule has 0 aliphatic carbocycles. The lowest BCUT2D eigenvalue weighted by atomic mass is 10.1. The summed E-state index contributed by atoms with van der Waals surface area (Å²) in [5.74, 6) is 0.692. The summed E-state index contributed by atoms with van der Waals surface area (Å²) >= 11 is 0. The molecule has 108 valence electrons. The molecule has 0 aliphatic rings. The van der Waals surface area contributed by atoms with Gasteiger partial charge in [0, 0.05) is 18.9 Å². The van der Waals surface area contributed by atoms with Gasteiger partial charge in [-0.2, -0.15) is 10.4 Å². The highest BCUT2D eigenvalue weighted by Gasteiger charge is 2.05. The predicted molar refractivity (Wildman–Crippen MR) is 84.6 cm³/mol. The minimum atomic E-state index is 0.449. The Morgan fingerprint density at radius 3 is 2.82 bits per heavy atom.